The number of aliphatic hydroxyl groups is 2. The van der Waals surface area contributed by atoms with E-state index in [4.69, 9.17) is 5.11 Å². The molecule has 1 rings (SSSR count). The van der Waals surface area contributed by atoms with Crippen molar-refractivity contribution in [3.8, 4) is 0 Å². The second-order valence-electron chi connectivity index (χ2n) is 3.91. The van der Waals surface area contributed by atoms with Crippen molar-refractivity contribution >= 4 is 0 Å². The lowest BCUT2D eigenvalue weighted by atomic mass is 10.0. The fraction of sp³-hybridized carbons (Fsp3) is 1.00. The van der Waals surface area contributed by atoms with Crippen LogP contribution in [0, 0.1) is 0 Å². The summed E-state index contributed by atoms with van der Waals surface area (Å²) in [5, 5.41) is 21.9. The molecule has 0 amide bonds. The van der Waals surface area contributed by atoms with Gasteiger partial charge in [0.1, 0.15) is 0 Å². The summed E-state index contributed by atoms with van der Waals surface area (Å²) < 4.78 is 0. The van der Waals surface area contributed by atoms with Crippen molar-refractivity contribution in [3.05, 3.63) is 0 Å². The van der Waals surface area contributed by atoms with Crippen molar-refractivity contribution in [2.24, 2.45) is 0 Å². The van der Waals surface area contributed by atoms with Gasteiger partial charge in [0, 0.05) is 13.1 Å². The first-order valence-electron chi connectivity index (χ1n) is 4.74. The molecule has 0 heterocycles. The lowest BCUT2D eigenvalue weighted by Crippen LogP contribution is -2.40. The summed E-state index contributed by atoms with van der Waals surface area (Å²) in [5.74, 6) is 0. The molecule has 0 spiro atoms. The van der Waals surface area contributed by atoms with E-state index in [0.29, 0.717) is 13.1 Å². The molecule has 0 bridgehead atoms. The Bertz CT molecular complexity index is 130. The second kappa shape index (κ2) is 4.21. The van der Waals surface area contributed by atoms with E-state index in [1.807, 2.05) is 0 Å². The average Bonchev–Trinajstić information content (AvgIpc) is 2.35. The molecule has 1 fully saturated rings. The van der Waals surface area contributed by atoms with Crippen LogP contribution in [0.2, 0.25) is 0 Å². The lowest BCUT2D eigenvalue weighted by Gasteiger charge is -2.22. The summed E-state index contributed by atoms with van der Waals surface area (Å²) in [5.41, 5.74) is -0.491. The van der Waals surface area contributed by atoms with Gasteiger partial charge in [-0.15, -0.1) is 0 Å². The molecule has 3 nitrogen and oxygen atoms in total. The fourth-order valence-electron chi connectivity index (χ4n) is 1.72. The molecule has 1 aliphatic carbocycles. The molecule has 1 saturated carbocycles. The SMILES string of the molecule is C[C@@H](O)CNCC1(O)CCCC1. The van der Waals surface area contributed by atoms with Crippen LogP contribution in [0.15, 0.2) is 0 Å². The third-order valence-electron chi connectivity index (χ3n) is 2.43. The Labute approximate surface area is 73.8 Å². The molecule has 0 unspecified atom stereocenters. The van der Waals surface area contributed by atoms with E-state index in [9.17, 15) is 5.11 Å². The molecule has 3 heteroatoms. The van der Waals surface area contributed by atoms with Crippen molar-refractivity contribution in [2.75, 3.05) is 13.1 Å². The molecule has 0 aliphatic heterocycles. The first-order valence-corrected chi connectivity index (χ1v) is 4.74. The van der Waals surface area contributed by atoms with E-state index in [-0.39, 0.29) is 6.10 Å². The summed E-state index contributed by atoms with van der Waals surface area (Å²) in [6.07, 6.45) is 3.74. The number of nitrogens with one attached hydrogen (secondary N) is 1. The van der Waals surface area contributed by atoms with E-state index in [2.05, 4.69) is 5.32 Å². The molecule has 12 heavy (non-hydrogen) atoms. The minimum absolute atomic E-state index is 0.324. The molecule has 0 aromatic carbocycles. The van der Waals surface area contributed by atoms with Crippen molar-refractivity contribution in [3.63, 3.8) is 0 Å². The van der Waals surface area contributed by atoms with Gasteiger partial charge in [0.2, 0.25) is 0 Å². The quantitative estimate of drug-likeness (QED) is 0.571. The zero-order valence-electron chi connectivity index (χ0n) is 7.71. The minimum atomic E-state index is -0.491. The predicted molar refractivity (Wildman–Crippen MR) is 48.0 cm³/mol. The highest BCUT2D eigenvalue weighted by molar-refractivity contribution is 4.86. The molecule has 1 atom stereocenters. The molecule has 3 N–H and O–H groups in total. The maximum atomic E-state index is 9.86. The third kappa shape index (κ3) is 3.09. The molecule has 72 valence electrons. The number of rotatable bonds is 4. The predicted octanol–water partition coefficient (Wildman–Crippen LogP) is 0.262. The summed E-state index contributed by atoms with van der Waals surface area (Å²) in [6, 6.07) is 0. The van der Waals surface area contributed by atoms with Crippen molar-refractivity contribution in [2.45, 2.75) is 44.3 Å². The normalized spacial score (nSPS) is 24.2. The highest BCUT2D eigenvalue weighted by Crippen LogP contribution is 2.28. The average molecular weight is 173 g/mol. The molecule has 0 radical (unpaired) electrons. The van der Waals surface area contributed by atoms with Crippen LogP contribution < -0.4 is 5.32 Å². The molecular weight excluding hydrogens is 154 g/mol. The molecule has 0 saturated heterocycles. The second-order valence-corrected chi connectivity index (χ2v) is 3.91. The molecular formula is C9H19NO2. The molecule has 0 aromatic rings. The lowest BCUT2D eigenvalue weighted by molar-refractivity contribution is 0.0447. The number of aliphatic hydroxyl groups excluding tert-OH is 1. The zero-order valence-corrected chi connectivity index (χ0v) is 7.71. The van der Waals surface area contributed by atoms with Crippen LogP contribution in [0.5, 0.6) is 0 Å². The van der Waals surface area contributed by atoms with Gasteiger partial charge in [0.15, 0.2) is 0 Å². The maximum Gasteiger partial charge on any atom is 0.0771 e. The van der Waals surface area contributed by atoms with E-state index in [0.717, 1.165) is 25.7 Å². The van der Waals surface area contributed by atoms with Gasteiger partial charge < -0.3 is 15.5 Å². The number of hydrogen-bond donors (Lipinski definition) is 3. The van der Waals surface area contributed by atoms with Crippen molar-refractivity contribution in [1.29, 1.82) is 0 Å². The third-order valence-corrected chi connectivity index (χ3v) is 2.43. The smallest absolute Gasteiger partial charge is 0.0771 e. The Kier molecular flexibility index (Phi) is 3.50. The Balaban J connectivity index is 2.13. The van der Waals surface area contributed by atoms with Crippen molar-refractivity contribution in [1.82, 2.24) is 5.32 Å². The van der Waals surface area contributed by atoms with Crippen molar-refractivity contribution < 1.29 is 10.2 Å². The standard InChI is InChI=1S/C9H19NO2/c1-8(11)6-10-7-9(12)4-2-3-5-9/h8,10-12H,2-7H2,1H3/t8-/m1/s1. The van der Waals surface area contributed by atoms with Gasteiger partial charge >= 0.3 is 0 Å². The fourth-order valence-corrected chi connectivity index (χ4v) is 1.72. The van der Waals surface area contributed by atoms with Gasteiger partial charge in [-0.1, -0.05) is 12.8 Å². The Morgan fingerprint density at radius 1 is 1.42 bits per heavy atom. The zero-order chi connectivity index (χ0) is 9.03. The minimum Gasteiger partial charge on any atom is -0.392 e. The summed E-state index contributed by atoms with van der Waals surface area (Å²) in [7, 11) is 0. The van der Waals surface area contributed by atoms with Crippen LogP contribution in [0.1, 0.15) is 32.6 Å². The van der Waals surface area contributed by atoms with Gasteiger partial charge in [-0.2, -0.15) is 0 Å². The summed E-state index contributed by atoms with van der Waals surface area (Å²) in [6.45, 7) is 2.94. The Hall–Kier alpha value is -0.120. The van der Waals surface area contributed by atoms with Crippen LogP contribution in [0.25, 0.3) is 0 Å². The highest BCUT2D eigenvalue weighted by Gasteiger charge is 2.30. The van der Waals surface area contributed by atoms with Crippen LogP contribution in [0.3, 0.4) is 0 Å². The van der Waals surface area contributed by atoms with Gasteiger partial charge in [0.05, 0.1) is 11.7 Å². The van der Waals surface area contributed by atoms with Crippen LogP contribution >= 0.6 is 0 Å². The number of hydrogen-bond acceptors (Lipinski definition) is 3. The molecule has 1 aliphatic rings. The van der Waals surface area contributed by atoms with Gasteiger partial charge in [-0.3, -0.25) is 0 Å². The largest absolute Gasteiger partial charge is 0.392 e. The van der Waals surface area contributed by atoms with Crippen LogP contribution in [-0.2, 0) is 0 Å². The topological polar surface area (TPSA) is 52.5 Å². The van der Waals surface area contributed by atoms with Crippen LogP contribution in [-0.4, -0.2) is 35.0 Å². The first kappa shape index (κ1) is 9.96. The maximum absolute atomic E-state index is 9.86. The Morgan fingerprint density at radius 2 is 2.00 bits per heavy atom. The van der Waals surface area contributed by atoms with Gasteiger partial charge in [-0.25, -0.2) is 0 Å². The van der Waals surface area contributed by atoms with E-state index >= 15 is 0 Å². The summed E-state index contributed by atoms with van der Waals surface area (Å²) in [4.78, 5) is 0. The van der Waals surface area contributed by atoms with E-state index in [1.54, 1.807) is 6.92 Å². The Morgan fingerprint density at radius 3 is 2.50 bits per heavy atom. The van der Waals surface area contributed by atoms with E-state index in [1.165, 1.54) is 0 Å². The molecule has 0 aromatic heterocycles. The van der Waals surface area contributed by atoms with Gasteiger partial charge in [0.25, 0.3) is 0 Å². The van der Waals surface area contributed by atoms with E-state index < -0.39 is 5.60 Å². The first-order chi connectivity index (χ1) is 5.62. The van der Waals surface area contributed by atoms with Crippen LogP contribution in [0.4, 0.5) is 0 Å². The summed E-state index contributed by atoms with van der Waals surface area (Å²) >= 11 is 0. The highest BCUT2D eigenvalue weighted by atomic mass is 16.3. The monoisotopic (exact) mass is 173 g/mol. The van der Waals surface area contributed by atoms with Gasteiger partial charge in [-0.05, 0) is 19.8 Å².